The fourth-order valence-corrected chi connectivity index (χ4v) is 6.43. The Hall–Kier alpha value is -1.07. The summed E-state index contributed by atoms with van der Waals surface area (Å²) in [7, 11) is 0. The van der Waals surface area contributed by atoms with Crippen LogP contribution in [0.4, 0.5) is 0 Å². The third-order valence-corrected chi connectivity index (χ3v) is 7.69. The minimum atomic E-state index is -0.902. The van der Waals surface area contributed by atoms with E-state index in [1.807, 2.05) is 6.08 Å². The van der Waals surface area contributed by atoms with E-state index in [-0.39, 0.29) is 5.41 Å². The molecule has 0 aliphatic heterocycles. The van der Waals surface area contributed by atoms with Crippen LogP contribution in [-0.2, 0) is 4.79 Å². The first-order valence-corrected chi connectivity index (χ1v) is 8.92. The van der Waals surface area contributed by atoms with Gasteiger partial charge in [-0.25, -0.2) is 0 Å². The molecule has 0 unspecified atom stereocenters. The van der Waals surface area contributed by atoms with Gasteiger partial charge in [-0.1, -0.05) is 18.4 Å². The molecule has 0 radical (unpaired) electrons. The van der Waals surface area contributed by atoms with Gasteiger partial charge in [0.05, 0.1) is 0 Å². The molecule has 0 bridgehead atoms. The molecule has 2 nitrogen and oxygen atoms in total. The van der Waals surface area contributed by atoms with Crippen molar-refractivity contribution in [3.05, 3.63) is 11.6 Å². The van der Waals surface area contributed by atoms with E-state index in [4.69, 9.17) is 6.42 Å². The molecule has 0 spiro atoms. The molecule has 22 heavy (non-hydrogen) atoms. The number of carbonyl (C=O) groups is 1. The third-order valence-electron chi connectivity index (χ3n) is 7.69. The lowest BCUT2D eigenvalue weighted by Gasteiger charge is -2.54. The molecule has 3 fully saturated rings. The number of terminal acetylenes is 1. The van der Waals surface area contributed by atoms with Gasteiger partial charge in [0.2, 0.25) is 0 Å². The van der Waals surface area contributed by atoms with Crippen LogP contribution >= 0.6 is 0 Å². The number of rotatable bonds is 0. The maximum absolute atomic E-state index is 11.7. The predicted molar refractivity (Wildman–Crippen MR) is 85.9 cm³/mol. The fraction of sp³-hybridized carbons (Fsp3) is 0.750. The molecule has 4 aliphatic rings. The zero-order valence-electron chi connectivity index (χ0n) is 13.5. The zero-order chi connectivity index (χ0) is 15.5. The lowest BCUT2D eigenvalue weighted by atomic mass is 9.50. The van der Waals surface area contributed by atoms with Crippen LogP contribution in [0.2, 0.25) is 0 Å². The molecule has 0 aromatic heterocycles. The molecule has 4 aliphatic carbocycles. The summed E-state index contributed by atoms with van der Waals surface area (Å²) in [5.74, 6) is 5.66. The molecule has 0 aromatic carbocycles. The van der Waals surface area contributed by atoms with Crippen LogP contribution in [0.1, 0.15) is 58.3 Å². The number of carbonyl (C=O) groups excluding carboxylic acids is 1. The fourth-order valence-electron chi connectivity index (χ4n) is 6.43. The smallest absolute Gasteiger partial charge is 0.155 e. The standard InChI is InChI=1S/C20H26O2/c1-3-20(22)11-9-18-17-6-4-13-12-14(21)5-7-15(13)16(17)8-10-19(18,20)2/h1,12,15-18,22H,4-11H2,2H3/t15-,16+,17-,18+,19+,20-/m0/s1. The first-order chi connectivity index (χ1) is 10.5. The number of hydrogen-bond donors (Lipinski definition) is 1. The Labute approximate surface area is 133 Å². The van der Waals surface area contributed by atoms with Gasteiger partial charge in [0.15, 0.2) is 5.78 Å². The van der Waals surface area contributed by atoms with Crippen LogP contribution in [0.5, 0.6) is 0 Å². The highest BCUT2D eigenvalue weighted by molar-refractivity contribution is 5.91. The summed E-state index contributed by atoms with van der Waals surface area (Å²) in [5, 5.41) is 10.9. The Morgan fingerprint density at radius 2 is 2.00 bits per heavy atom. The average molecular weight is 298 g/mol. The summed E-state index contributed by atoms with van der Waals surface area (Å²) in [6.07, 6.45) is 15.7. The number of ketones is 1. The molecule has 0 amide bonds. The molecule has 0 saturated heterocycles. The molecule has 6 atom stereocenters. The van der Waals surface area contributed by atoms with Gasteiger partial charge in [-0.15, -0.1) is 6.42 Å². The van der Waals surface area contributed by atoms with Crippen LogP contribution in [0, 0.1) is 41.4 Å². The van der Waals surface area contributed by atoms with Gasteiger partial charge in [0.1, 0.15) is 5.60 Å². The molecular weight excluding hydrogens is 272 g/mol. The first-order valence-electron chi connectivity index (χ1n) is 8.92. The first kappa shape index (κ1) is 14.5. The van der Waals surface area contributed by atoms with E-state index in [9.17, 15) is 9.90 Å². The van der Waals surface area contributed by atoms with Crippen molar-refractivity contribution < 1.29 is 9.90 Å². The largest absolute Gasteiger partial charge is 0.377 e. The lowest BCUT2D eigenvalue weighted by molar-refractivity contribution is -0.116. The number of hydrogen-bond acceptors (Lipinski definition) is 2. The van der Waals surface area contributed by atoms with E-state index in [0.29, 0.717) is 29.5 Å². The van der Waals surface area contributed by atoms with Crippen molar-refractivity contribution in [1.29, 1.82) is 0 Å². The SMILES string of the molecule is C#C[C@]1(O)CC[C@@H]2[C@H]3CCC4=CC(=O)CC[C@@H]4[C@H]3CC[C@]21C. The van der Waals surface area contributed by atoms with Gasteiger partial charge in [0, 0.05) is 11.8 Å². The summed E-state index contributed by atoms with van der Waals surface area (Å²) in [6, 6.07) is 0. The van der Waals surface area contributed by atoms with Crippen molar-refractivity contribution in [1.82, 2.24) is 0 Å². The predicted octanol–water partition coefficient (Wildman–Crippen LogP) is 3.49. The van der Waals surface area contributed by atoms with E-state index >= 15 is 0 Å². The lowest BCUT2D eigenvalue weighted by Crippen LogP contribution is -2.52. The molecule has 0 heterocycles. The summed E-state index contributed by atoms with van der Waals surface area (Å²) in [4.78, 5) is 11.7. The maximum Gasteiger partial charge on any atom is 0.155 e. The number of allylic oxidation sites excluding steroid dienone is 1. The van der Waals surface area contributed by atoms with Crippen LogP contribution in [-0.4, -0.2) is 16.5 Å². The van der Waals surface area contributed by atoms with E-state index in [0.717, 1.165) is 44.9 Å². The van der Waals surface area contributed by atoms with Gasteiger partial charge >= 0.3 is 0 Å². The van der Waals surface area contributed by atoms with Crippen molar-refractivity contribution in [2.45, 2.75) is 63.9 Å². The molecule has 1 N–H and O–H groups in total. The highest BCUT2D eigenvalue weighted by atomic mass is 16.3. The molecule has 4 rings (SSSR count). The molecule has 3 saturated carbocycles. The van der Waals surface area contributed by atoms with Crippen molar-refractivity contribution in [2.24, 2.45) is 29.1 Å². The van der Waals surface area contributed by atoms with E-state index < -0.39 is 5.60 Å². The Bertz CT molecular complexity index is 583. The van der Waals surface area contributed by atoms with Gasteiger partial charge in [-0.3, -0.25) is 4.79 Å². The van der Waals surface area contributed by atoms with Gasteiger partial charge < -0.3 is 5.11 Å². The molecule has 2 heteroatoms. The van der Waals surface area contributed by atoms with Crippen molar-refractivity contribution in [3.8, 4) is 12.3 Å². The second kappa shape index (κ2) is 4.71. The normalized spacial score (nSPS) is 50.4. The van der Waals surface area contributed by atoms with Crippen LogP contribution in [0.25, 0.3) is 0 Å². The zero-order valence-corrected chi connectivity index (χ0v) is 13.5. The number of fused-ring (bicyclic) bond motifs is 5. The second-order valence-electron chi connectivity index (χ2n) is 8.30. The van der Waals surface area contributed by atoms with E-state index in [2.05, 4.69) is 12.8 Å². The van der Waals surface area contributed by atoms with Crippen molar-refractivity contribution in [3.63, 3.8) is 0 Å². The van der Waals surface area contributed by atoms with E-state index in [1.165, 1.54) is 12.0 Å². The quantitative estimate of drug-likeness (QED) is 0.695. The van der Waals surface area contributed by atoms with Crippen LogP contribution in [0.15, 0.2) is 11.6 Å². The maximum atomic E-state index is 11.7. The summed E-state index contributed by atoms with van der Waals surface area (Å²) in [6.45, 7) is 2.23. The average Bonchev–Trinajstić information content (AvgIpc) is 2.79. The monoisotopic (exact) mass is 298 g/mol. The Morgan fingerprint density at radius 3 is 2.77 bits per heavy atom. The number of aliphatic hydroxyl groups is 1. The summed E-state index contributed by atoms with van der Waals surface area (Å²) < 4.78 is 0. The third kappa shape index (κ3) is 1.75. The molecule has 0 aromatic rings. The minimum Gasteiger partial charge on any atom is -0.377 e. The molecular formula is C20H26O2. The molecule has 118 valence electrons. The van der Waals surface area contributed by atoms with Crippen molar-refractivity contribution >= 4 is 5.78 Å². The van der Waals surface area contributed by atoms with Gasteiger partial charge in [-0.05, 0) is 74.7 Å². The summed E-state index contributed by atoms with van der Waals surface area (Å²) in [5.41, 5.74) is 0.418. The second-order valence-corrected chi connectivity index (χ2v) is 8.30. The van der Waals surface area contributed by atoms with Crippen molar-refractivity contribution in [2.75, 3.05) is 0 Å². The topological polar surface area (TPSA) is 37.3 Å². The highest BCUT2D eigenvalue weighted by Gasteiger charge is 2.61. The highest BCUT2D eigenvalue weighted by Crippen LogP contribution is 2.64. The Kier molecular flexibility index (Phi) is 3.11. The Balaban J connectivity index is 1.65. The van der Waals surface area contributed by atoms with Crippen LogP contribution < -0.4 is 0 Å². The van der Waals surface area contributed by atoms with Gasteiger partial charge in [-0.2, -0.15) is 0 Å². The Morgan fingerprint density at radius 1 is 1.18 bits per heavy atom. The van der Waals surface area contributed by atoms with Gasteiger partial charge in [0.25, 0.3) is 0 Å². The minimum absolute atomic E-state index is 0.103. The van der Waals surface area contributed by atoms with E-state index in [1.54, 1.807) is 0 Å². The van der Waals surface area contributed by atoms with Crippen LogP contribution in [0.3, 0.4) is 0 Å². The summed E-state index contributed by atoms with van der Waals surface area (Å²) >= 11 is 0.